The van der Waals surface area contributed by atoms with Gasteiger partial charge in [-0.05, 0) is 30.3 Å². The van der Waals surface area contributed by atoms with Crippen molar-refractivity contribution in [2.24, 2.45) is 0 Å². The van der Waals surface area contributed by atoms with E-state index in [0.717, 1.165) is 0 Å². The lowest BCUT2D eigenvalue weighted by Crippen LogP contribution is -2.26. The van der Waals surface area contributed by atoms with Crippen molar-refractivity contribution in [2.75, 3.05) is 5.32 Å². The maximum Gasteiger partial charge on any atom is 0.324 e. The zero-order chi connectivity index (χ0) is 17.7. The third-order valence-electron chi connectivity index (χ3n) is 2.64. The minimum absolute atomic E-state index is 0.199. The second-order valence-corrected chi connectivity index (χ2v) is 6.50. The molecule has 0 atom stereocenters. The van der Waals surface area contributed by atoms with Crippen LogP contribution in [-0.4, -0.2) is 6.03 Å². The van der Waals surface area contributed by atoms with Crippen LogP contribution in [0.4, 0.5) is 10.5 Å². The highest BCUT2D eigenvalue weighted by Crippen LogP contribution is 2.35. The Kier molecular flexibility index (Phi) is 6.90. The summed E-state index contributed by atoms with van der Waals surface area (Å²) in [7, 11) is 0. The highest BCUT2D eigenvalue weighted by molar-refractivity contribution is 6.59. The first-order valence-corrected chi connectivity index (χ1v) is 8.26. The predicted octanol–water partition coefficient (Wildman–Crippen LogP) is 6.75. The monoisotopic (exact) mass is 424 g/mol. The zero-order valence-electron chi connectivity index (χ0n) is 11.7. The van der Waals surface area contributed by atoms with Gasteiger partial charge >= 0.3 is 6.03 Å². The Hall–Kier alpha value is -1.30. The Balaban J connectivity index is 2.18. The molecule has 2 aromatic carbocycles. The van der Waals surface area contributed by atoms with Crippen LogP contribution in [0.2, 0.25) is 10.0 Å². The summed E-state index contributed by atoms with van der Waals surface area (Å²) in [6.07, 6.45) is 0. The van der Waals surface area contributed by atoms with E-state index in [0.29, 0.717) is 27.2 Å². The van der Waals surface area contributed by atoms with Crippen molar-refractivity contribution >= 4 is 69.7 Å². The molecule has 0 fully saturated rings. The molecule has 0 heterocycles. The molecule has 24 heavy (non-hydrogen) atoms. The van der Waals surface area contributed by atoms with E-state index in [1.165, 1.54) is 0 Å². The summed E-state index contributed by atoms with van der Waals surface area (Å²) < 4.78 is 5.46. The van der Waals surface area contributed by atoms with Crippen LogP contribution in [0.25, 0.3) is 0 Å². The number of hydrogen-bond acceptors (Lipinski definition) is 2. The van der Waals surface area contributed by atoms with Gasteiger partial charge in [0, 0.05) is 5.02 Å². The van der Waals surface area contributed by atoms with Crippen molar-refractivity contribution in [3.63, 3.8) is 0 Å². The summed E-state index contributed by atoms with van der Waals surface area (Å²) >= 11 is 28.5. The fourth-order valence-corrected chi connectivity index (χ4v) is 2.26. The SMILES string of the molecule is O=C(NC(Cl)=C(Cl)Cl)Nc1ccccc1Oc1ccc(Cl)cc1Cl. The van der Waals surface area contributed by atoms with E-state index >= 15 is 0 Å². The number of amides is 2. The van der Waals surface area contributed by atoms with E-state index in [9.17, 15) is 4.79 Å². The largest absolute Gasteiger partial charge is 0.454 e. The van der Waals surface area contributed by atoms with Crippen LogP contribution >= 0.6 is 58.0 Å². The van der Waals surface area contributed by atoms with Gasteiger partial charge in [0.05, 0.1) is 10.7 Å². The van der Waals surface area contributed by atoms with Gasteiger partial charge in [0.25, 0.3) is 0 Å². The van der Waals surface area contributed by atoms with Crippen molar-refractivity contribution < 1.29 is 9.53 Å². The number of hydrogen-bond donors (Lipinski definition) is 2. The molecule has 2 amide bonds. The van der Waals surface area contributed by atoms with Crippen LogP contribution in [0.15, 0.2) is 52.1 Å². The Bertz CT molecular complexity index is 791. The van der Waals surface area contributed by atoms with Gasteiger partial charge < -0.3 is 10.1 Å². The Morgan fingerprint density at radius 1 is 0.958 bits per heavy atom. The van der Waals surface area contributed by atoms with Crippen LogP contribution in [0.1, 0.15) is 0 Å². The molecule has 0 radical (unpaired) electrons. The van der Waals surface area contributed by atoms with Crippen LogP contribution in [-0.2, 0) is 0 Å². The third-order valence-corrected chi connectivity index (χ3v) is 4.02. The average Bonchev–Trinajstić information content (AvgIpc) is 2.51. The molecule has 0 spiro atoms. The van der Waals surface area contributed by atoms with Gasteiger partial charge in [-0.3, -0.25) is 5.32 Å². The van der Waals surface area contributed by atoms with Crippen molar-refractivity contribution in [3.05, 3.63) is 62.2 Å². The van der Waals surface area contributed by atoms with Gasteiger partial charge in [-0.25, -0.2) is 4.79 Å². The molecule has 0 aliphatic rings. The Morgan fingerprint density at radius 2 is 1.67 bits per heavy atom. The molecule has 9 heteroatoms. The van der Waals surface area contributed by atoms with Gasteiger partial charge in [-0.2, -0.15) is 0 Å². The molecule has 0 saturated carbocycles. The van der Waals surface area contributed by atoms with Gasteiger partial charge in [0.1, 0.15) is 15.4 Å². The lowest BCUT2D eigenvalue weighted by molar-refractivity contribution is 0.254. The summed E-state index contributed by atoms with van der Waals surface area (Å²) in [5.74, 6) is 0.756. The van der Waals surface area contributed by atoms with Crippen LogP contribution in [0.5, 0.6) is 11.5 Å². The smallest absolute Gasteiger partial charge is 0.324 e. The molecule has 126 valence electrons. The first-order valence-electron chi connectivity index (χ1n) is 6.37. The number of rotatable bonds is 4. The number of urea groups is 1. The fourth-order valence-electron chi connectivity index (χ4n) is 1.64. The molecular formula is C15H9Cl5N2O2. The number of benzene rings is 2. The second-order valence-electron chi connectivity index (χ2n) is 4.33. The molecular weight excluding hydrogens is 417 g/mol. The molecule has 2 rings (SSSR count). The zero-order valence-corrected chi connectivity index (χ0v) is 15.5. The number of carbonyl (C=O) groups is 1. The molecule has 2 N–H and O–H groups in total. The molecule has 0 bridgehead atoms. The Morgan fingerprint density at radius 3 is 2.33 bits per heavy atom. The van der Waals surface area contributed by atoms with E-state index in [-0.39, 0.29) is 9.65 Å². The van der Waals surface area contributed by atoms with Crippen LogP contribution in [0.3, 0.4) is 0 Å². The lowest BCUT2D eigenvalue weighted by atomic mass is 10.3. The molecule has 0 unspecified atom stereocenters. The van der Waals surface area contributed by atoms with Crippen LogP contribution < -0.4 is 15.4 Å². The van der Waals surface area contributed by atoms with Crippen molar-refractivity contribution in [2.45, 2.75) is 0 Å². The highest BCUT2D eigenvalue weighted by atomic mass is 35.5. The summed E-state index contributed by atoms with van der Waals surface area (Å²) in [6, 6.07) is 10.9. The molecule has 4 nitrogen and oxygen atoms in total. The van der Waals surface area contributed by atoms with Crippen molar-refractivity contribution in [1.82, 2.24) is 5.32 Å². The Labute approximate surface area is 163 Å². The van der Waals surface area contributed by atoms with Crippen LogP contribution in [0, 0.1) is 0 Å². The van der Waals surface area contributed by atoms with Gasteiger partial charge in [-0.1, -0.05) is 70.1 Å². The maximum absolute atomic E-state index is 11.9. The topological polar surface area (TPSA) is 50.4 Å². The number of ether oxygens (including phenoxy) is 1. The van der Waals surface area contributed by atoms with Gasteiger partial charge in [0.2, 0.25) is 0 Å². The quantitative estimate of drug-likeness (QED) is 0.531. The molecule has 0 aliphatic heterocycles. The van der Waals surface area contributed by atoms with Gasteiger partial charge in [0.15, 0.2) is 5.75 Å². The lowest BCUT2D eigenvalue weighted by Gasteiger charge is -2.13. The van der Waals surface area contributed by atoms with E-state index in [1.54, 1.807) is 42.5 Å². The third kappa shape index (κ3) is 5.36. The predicted molar refractivity (Wildman–Crippen MR) is 99.7 cm³/mol. The first kappa shape index (κ1) is 19.0. The molecule has 0 aliphatic carbocycles. The summed E-state index contributed by atoms with van der Waals surface area (Å²) in [5.41, 5.74) is 0.385. The molecule has 0 aromatic heterocycles. The minimum atomic E-state index is -0.642. The second kappa shape index (κ2) is 8.70. The summed E-state index contributed by atoms with van der Waals surface area (Å²) in [6.45, 7) is 0. The summed E-state index contributed by atoms with van der Waals surface area (Å²) in [4.78, 5) is 11.9. The van der Waals surface area contributed by atoms with Crippen molar-refractivity contribution in [1.29, 1.82) is 0 Å². The number of halogens is 5. The van der Waals surface area contributed by atoms with Crippen molar-refractivity contribution in [3.8, 4) is 11.5 Å². The maximum atomic E-state index is 11.9. The normalized spacial score (nSPS) is 10.0. The standard InChI is InChI=1S/C15H9Cl5N2O2/c16-8-5-6-11(9(17)7-8)24-12-4-2-1-3-10(12)21-15(23)22-14(20)13(18)19/h1-7H,(H2,21,22,23). The number of para-hydroxylation sites is 2. The van der Waals surface area contributed by atoms with E-state index < -0.39 is 6.03 Å². The van der Waals surface area contributed by atoms with E-state index in [1.807, 2.05) is 0 Å². The van der Waals surface area contributed by atoms with E-state index in [4.69, 9.17) is 62.7 Å². The van der Waals surface area contributed by atoms with Gasteiger partial charge in [-0.15, -0.1) is 0 Å². The number of anilines is 1. The number of carbonyl (C=O) groups excluding carboxylic acids is 1. The number of nitrogens with one attached hydrogen (secondary N) is 2. The van der Waals surface area contributed by atoms with E-state index in [2.05, 4.69) is 10.6 Å². The fraction of sp³-hybridized carbons (Fsp3) is 0. The average molecular weight is 427 g/mol. The molecule has 2 aromatic rings. The molecule has 0 saturated heterocycles. The summed E-state index contributed by atoms with van der Waals surface area (Å²) in [5, 5.41) is 5.46. The minimum Gasteiger partial charge on any atom is -0.454 e. The highest BCUT2D eigenvalue weighted by Gasteiger charge is 2.11. The first-order chi connectivity index (χ1) is 11.4.